The van der Waals surface area contributed by atoms with Crippen molar-refractivity contribution in [3.05, 3.63) is 64.5 Å². The number of anilines is 2. The summed E-state index contributed by atoms with van der Waals surface area (Å²) in [6.07, 6.45) is 1.80. The maximum atomic E-state index is 4.63. The van der Waals surface area contributed by atoms with E-state index in [0.29, 0.717) is 0 Å². The fourth-order valence-corrected chi connectivity index (χ4v) is 3.23. The summed E-state index contributed by atoms with van der Waals surface area (Å²) < 4.78 is 0. The van der Waals surface area contributed by atoms with Gasteiger partial charge in [0.05, 0.1) is 11.9 Å². The van der Waals surface area contributed by atoms with Crippen LogP contribution < -0.4 is 10.3 Å². The highest BCUT2D eigenvalue weighted by Crippen LogP contribution is 2.27. The van der Waals surface area contributed by atoms with E-state index in [2.05, 4.69) is 70.0 Å². The summed E-state index contributed by atoms with van der Waals surface area (Å²) in [5.74, 6) is 0. The second-order valence-electron chi connectivity index (χ2n) is 6.21. The van der Waals surface area contributed by atoms with Crippen LogP contribution in [0.1, 0.15) is 16.7 Å². The summed E-state index contributed by atoms with van der Waals surface area (Å²) in [6, 6.07) is 14.7. The first-order chi connectivity index (χ1) is 12.0. The van der Waals surface area contributed by atoms with Gasteiger partial charge in [0.25, 0.3) is 0 Å². The van der Waals surface area contributed by atoms with Crippen LogP contribution in [0.15, 0.2) is 52.9 Å². The van der Waals surface area contributed by atoms with E-state index in [-0.39, 0.29) is 0 Å². The largest absolute Gasteiger partial charge is 0.378 e. The zero-order chi connectivity index (χ0) is 17.8. The van der Waals surface area contributed by atoms with E-state index in [1.54, 1.807) is 17.6 Å². The van der Waals surface area contributed by atoms with Gasteiger partial charge in [-0.3, -0.25) is 5.43 Å². The molecule has 1 heterocycles. The van der Waals surface area contributed by atoms with Crippen LogP contribution in [0, 0.1) is 13.8 Å². The zero-order valence-electron chi connectivity index (χ0n) is 14.9. The number of hydrogen-bond donors (Lipinski definition) is 1. The number of aromatic nitrogens is 1. The summed E-state index contributed by atoms with van der Waals surface area (Å²) in [7, 11) is 4.06. The lowest BCUT2D eigenvalue weighted by atomic mass is 10.0. The smallest absolute Gasteiger partial charge is 0.203 e. The monoisotopic (exact) mass is 350 g/mol. The van der Waals surface area contributed by atoms with Crippen molar-refractivity contribution in [1.82, 2.24) is 4.98 Å². The molecule has 0 aliphatic carbocycles. The first kappa shape index (κ1) is 17.2. The highest BCUT2D eigenvalue weighted by Gasteiger charge is 2.06. The lowest BCUT2D eigenvalue weighted by molar-refractivity contribution is 1.13. The van der Waals surface area contributed by atoms with Crippen LogP contribution in [0.4, 0.5) is 10.8 Å². The first-order valence-electron chi connectivity index (χ1n) is 8.12. The fourth-order valence-electron chi connectivity index (χ4n) is 2.57. The van der Waals surface area contributed by atoms with Gasteiger partial charge in [0.15, 0.2) is 0 Å². The van der Waals surface area contributed by atoms with Crippen molar-refractivity contribution in [1.29, 1.82) is 0 Å². The van der Waals surface area contributed by atoms with Crippen LogP contribution in [0.25, 0.3) is 11.3 Å². The molecule has 1 aromatic heterocycles. The van der Waals surface area contributed by atoms with Crippen LogP contribution in [-0.2, 0) is 0 Å². The van der Waals surface area contributed by atoms with Crippen LogP contribution in [0.3, 0.4) is 0 Å². The van der Waals surface area contributed by atoms with Crippen molar-refractivity contribution in [2.24, 2.45) is 5.10 Å². The molecule has 0 bridgehead atoms. The summed E-state index contributed by atoms with van der Waals surface area (Å²) in [5, 5.41) is 7.13. The lowest BCUT2D eigenvalue weighted by Crippen LogP contribution is -2.08. The number of hydrazone groups is 1. The van der Waals surface area contributed by atoms with Gasteiger partial charge in [-0.2, -0.15) is 5.10 Å². The normalized spacial score (nSPS) is 11.0. The van der Waals surface area contributed by atoms with Crippen LogP contribution >= 0.6 is 11.3 Å². The van der Waals surface area contributed by atoms with Gasteiger partial charge in [0.2, 0.25) is 5.13 Å². The Morgan fingerprint density at radius 3 is 2.52 bits per heavy atom. The highest BCUT2D eigenvalue weighted by atomic mass is 32.1. The standard InChI is InChI=1S/C20H22N4S/c1-14-5-10-18(15(2)11-14)19-13-25-20(22-19)23-21-12-16-6-8-17(9-7-16)24(3)4/h5-13H,1-4H3,(H,22,23). The van der Waals surface area contributed by atoms with Gasteiger partial charge in [-0.1, -0.05) is 35.9 Å². The molecule has 2 aromatic carbocycles. The van der Waals surface area contributed by atoms with Crippen molar-refractivity contribution in [2.45, 2.75) is 13.8 Å². The predicted octanol–water partition coefficient (Wildman–Crippen LogP) is 4.94. The van der Waals surface area contributed by atoms with Gasteiger partial charge in [0.1, 0.15) is 0 Å². The average Bonchev–Trinajstić information content (AvgIpc) is 3.04. The molecule has 0 spiro atoms. The molecule has 0 saturated heterocycles. The molecule has 0 fully saturated rings. The van der Waals surface area contributed by atoms with E-state index in [4.69, 9.17) is 0 Å². The van der Waals surface area contributed by atoms with E-state index in [9.17, 15) is 0 Å². The van der Waals surface area contributed by atoms with Crippen LogP contribution in [0.5, 0.6) is 0 Å². The maximum Gasteiger partial charge on any atom is 0.203 e. The third-order valence-corrected chi connectivity index (χ3v) is 4.69. The third kappa shape index (κ3) is 4.25. The molecular weight excluding hydrogens is 328 g/mol. The minimum atomic E-state index is 0.788. The minimum absolute atomic E-state index is 0.788. The second kappa shape index (κ2) is 7.49. The first-order valence-corrected chi connectivity index (χ1v) is 9.00. The van der Waals surface area contributed by atoms with Gasteiger partial charge >= 0.3 is 0 Å². The molecule has 3 aromatic rings. The number of benzene rings is 2. The van der Waals surface area contributed by atoms with Gasteiger partial charge in [-0.25, -0.2) is 4.98 Å². The van der Waals surface area contributed by atoms with E-state index in [1.807, 2.05) is 26.2 Å². The number of nitrogens with zero attached hydrogens (tertiary/aromatic N) is 3. The molecule has 1 N–H and O–H groups in total. The summed E-state index contributed by atoms with van der Waals surface area (Å²) in [5.41, 5.74) is 9.88. The number of nitrogens with one attached hydrogen (secondary N) is 1. The zero-order valence-corrected chi connectivity index (χ0v) is 15.8. The Morgan fingerprint density at radius 1 is 1.08 bits per heavy atom. The minimum Gasteiger partial charge on any atom is -0.378 e. The third-order valence-electron chi connectivity index (χ3n) is 3.95. The van der Waals surface area contributed by atoms with Gasteiger partial charge in [-0.15, -0.1) is 11.3 Å². The van der Waals surface area contributed by atoms with E-state index in [1.165, 1.54) is 16.8 Å². The number of thiazole rings is 1. The van der Waals surface area contributed by atoms with Crippen molar-refractivity contribution in [3.63, 3.8) is 0 Å². The fraction of sp³-hybridized carbons (Fsp3) is 0.200. The van der Waals surface area contributed by atoms with Crippen molar-refractivity contribution in [3.8, 4) is 11.3 Å². The van der Waals surface area contributed by atoms with Crippen molar-refractivity contribution in [2.75, 3.05) is 24.4 Å². The molecule has 0 unspecified atom stereocenters. The van der Waals surface area contributed by atoms with Crippen molar-refractivity contribution < 1.29 is 0 Å². The summed E-state index contributed by atoms with van der Waals surface area (Å²) >= 11 is 1.56. The lowest BCUT2D eigenvalue weighted by Gasteiger charge is -2.11. The Bertz CT molecular complexity index is 879. The molecule has 0 aliphatic rings. The Hall–Kier alpha value is -2.66. The molecule has 4 nitrogen and oxygen atoms in total. The van der Waals surface area contributed by atoms with Crippen LogP contribution in [-0.4, -0.2) is 25.3 Å². The number of rotatable bonds is 5. The molecular formula is C20H22N4S. The SMILES string of the molecule is Cc1ccc(-c2csc(NN=Cc3ccc(N(C)C)cc3)n2)c(C)c1. The Labute approximate surface area is 152 Å². The molecule has 25 heavy (non-hydrogen) atoms. The second-order valence-corrected chi connectivity index (χ2v) is 7.07. The van der Waals surface area contributed by atoms with Crippen molar-refractivity contribution >= 4 is 28.4 Å². The molecule has 0 amide bonds. The van der Waals surface area contributed by atoms with E-state index in [0.717, 1.165) is 22.0 Å². The summed E-state index contributed by atoms with van der Waals surface area (Å²) in [6.45, 7) is 4.22. The predicted molar refractivity (Wildman–Crippen MR) is 109 cm³/mol. The molecule has 3 rings (SSSR count). The average molecular weight is 350 g/mol. The van der Waals surface area contributed by atoms with E-state index < -0.39 is 0 Å². The van der Waals surface area contributed by atoms with Gasteiger partial charge < -0.3 is 4.90 Å². The molecule has 0 atom stereocenters. The number of aryl methyl sites for hydroxylation is 2. The molecule has 0 radical (unpaired) electrons. The molecule has 0 saturated carbocycles. The Balaban J connectivity index is 1.67. The van der Waals surface area contributed by atoms with Gasteiger partial charge in [-0.05, 0) is 37.1 Å². The number of hydrogen-bond acceptors (Lipinski definition) is 5. The van der Waals surface area contributed by atoms with E-state index >= 15 is 0 Å². The topological polar surface area (TPSA) is 40.5 Å². The molecule has 128 valence electrons. The quantitative estimate of drug-likeness (QED) is 0.523. The highest BCUT2D eigenvalue weighted by molar-refractivity contribution is 7.14. The van der Waals surface area contributed by atoms with Gasteiger partial charge in [0, 0.05) is 30.7 Å². The molecule has 5 heteroatoms. The maximum absolute atomic E-state index is 4.63. The summed E-state index contributed by atoms with van der Waals surface area (Å²) in [4.78, 5) is 6.70. The molecule has 0 aliphatic heterocycles. The Kier molecular flexibility index (Phi) is 5.14. The Morgan fingerprint density at radius 2 is 1.84 bits per heavy atom. The van der Waals surface area contributed by atoms with Crippen LogP contribution in [0.2, 0.25) is 0 Å².